The van der Waals surface area contributed by atoms with Crippen molar-refractivity contribution in [3.8, 4) is 0 Å². The van der Waals surface area contributed by atoms with Crippen molar-refractivity contribution in [2.24, 2.45) is 12.8 Å². The van der Waals surface area contributed by atoms with Gasteiger partial charge in [0, 0.05) is 30.7 Å². The lowest BCUT2D eigenvalue weighted by molar-refractivity contribution is -0.142. The molecule has 0 radical (unpaired) electrons. The number of fused-ring (bicyclic) bond motifs is 1. The smallest absolute Gasteiger partial charge is 0.314 e. The summed E-state index contributed by atoms with van der Waals surface area (Å²) in [5.74, 6) is -0.685. The van der Waals surface area contributed by atoms with Crippen molar-refractivity contribution in [3.63, 3.8) is 0 Å². The SMILES string of the molecule is COC(=O)C(CN)c1cccc2c1ccn2C. The predicted octanol–water partition coefficient (Wildman–Crippen LogP) is 1.39. The number of hydrogen-bond acceptors (Lipinski definition) is 3. The Morgan fingerprint density at radius 3 is 2.88 bits per heavy atom. The molecule has 1 atom stereocenters. The second kappa shape index (κ2) is 4.59. The highest BCUT2D eigenvalue weighted by molar-refractivity contribution is 5.90. The largest absolute Gasteiger partial charge is 0.469 e. The van der Waals surface area contributed by atoms with Crippen molar-refractivity contribution < 1.29 is 9.53 Å². The molecule has 0 spiro atoms. The van der Waals surface area contributed by atoms with Crippen LogP contribution in [0.4, 0.5) is 0 Å². The summed E-state index contributed by atoms with van der Waals surface area (Å²) in [5.41, 5.74) is 7.69. The molecule has 0 fully saturated rings. The van der Waals surface area contributed by atoms with Gasteiger partial charge < -0.3 is 15.0 Å². The molecule has 17 heavy (non-hydrogen) atoms. The van der Waals surface area contributed by atoms with Crippen molar-refractivity contribution in [3.05, 3.63) is 36.0 Å². The van der Waals surface area contributed by atoms with Crippen molar-refractivity contribution in [1.29, 1.82) is 0 Å². The minimum Gasteiger partial charge on any atom is -0.469 e. The second-order valence-electron chi connectivity index (χ2n) is 4.02. The summed E-state index contributed by atoms with van der Waals surface area (Å²) < 4.78 is 6.81. The monoisotopic (exact) mass is 232 g/mol. The van der Waals surface area contributed by atoms with Gasteiger partial charge in [-0.05, 0) is 17.7 Å². The van der Waals surface area contributed by atoms with Crippen LogP contribution in [0.15, 0.2) is 30.5 Å². The molecule has 0 aliphatic rings. The molecule has 1 aromatic carbocycles. The van der Waals surface area contributed by atoms with Gasteiger partial charge in [-0.25, -0.2) is 0 Å². The molecule has 2 N–H and O–H groups in total. The van der Waals surface area contributed by atoms with E-state index in [1.807, 2.05) is 42.1 Å². The zero-order valence-electron chi connectivity index (χ0n) is 10.0. The fourth-order valence-corrected chi connectivity index (χ4v) is 2.12. The van der Waals surface area contributed by atoms with E-state index in [2.05, 4.69) is 0 Å². The van der Waals surface area contributed by atoms with Crippen LogP contribution < -0.4 is 5.73 Å². The quantitative estimate of drug-likeness (QED) is 0.814. The molecular formula is C13H16N2O2. The lowest BCUT2D eigenvalue weighted by atomic mass is 9.96. The summed E-state index contributed by atoms with van der Waals surface area (Å²) in [5, 5.41) is 1.05. The molecule has 4 nitrogen and oxygen atoms in total. The first-order valence-corrected chi connectivity index (χ1v) is 5.51. The molecule has 0 aliphatic heterocycles. The zero-order chi connectivity index (χ0) is 12.4. The van der Waals surface area contributed by atoms with Crippen LogP contribution in [0, 0.1) is 0 Å². The van der Waals surface area contributed by atoms with Crippen LogP contribution in [0.1, 0.15) is 11.5 Å². The Balaban J connectivity index is 2.57. The predicted molar refractivity (Wildman–Crippen MR) is 66.7 cm³/mol. The van der Waals surface area contributed by atoms with Gasteiger partial charge in [0.05, 0.1) is 13.0 Å². The van der Waals surface area contributed by atoms with Crippen molar-refractivity contribution >= 4 is 16.9 Å². The van der Waals surface area contributed by atoms with Crippen molar-refractivity contribution in [1.82, 2.24) is 4.57 Å². The minimum absolute atomic E-state index is 0.251. The number of methoxy groups -OCH3 is 1. The molecule has 90 valence electrons. The Kier molecular flexibility index (Phi) is 3.15. The summed E-state index contributed by atoms with van der Waals surface area (Å²) in [6, 6.07) is 7.88. The Morgan fingerprint density at radius 1 is 1.47 bits per heavy atom. The summed E-state index contributed by atoms with van der Waals surface area (Å²) in [7, 11) is 3.36. The maximum absolute atomic E-state index is 11.7. The molecule has 0 amide bonds. The van der Waals surface area contributed by atoms with Gasteiger partial charge in [-0.2, -0.15) is 0 Å². The highest BCUT2D eigenvalue weighted by atomic mass is 16.5. The first-order valence-electron chi connectivity index (χ1n) is 5.51. The van der Waals surface area contributed by atoms with Crippen LogP contribution in [0.25, 0.3) is 10.9 Å². The lowest BCUT2D eigenvalue weighted by Crippen LogP contribution is -2.22. The number of nitrogens with two attached hydrogens (primary N) is 1. The van der Waals surface area contributed by atoms with Crippen LogP contribution in [0.5, 0.6) is 0 Å². The number of rotatable bonds is 3. The van der Waals surface area contributed by atoms with Crippen molar-refractivity contribution in [2.75, 3.05) is 13.7 Å². The van der Waals surface area contributed by atoms with Gasteiger partial charge in [0.2, 0.25) is 0 Å². The average molecular weight is 232 g/mol. The van der Waals surface area contributed by atoms with Gasteiger partial charge in [0.25, 0.3) is 0 Å². The number of esters is 1. The molecule has 0 bridgehead atoms. The lowest BCUT2D eigenvalue weighted by Gasteiger charge is -2.14. The third-order valence-corrected chi connectivity index (χ3v) is 3.06. The van der Waals surface area contributed by atoms with E-state index in [0.717, 1.165) is 16.5 Å². The van der Waals surface area contributed by atoms with E-state index in [4.69, 9.17) is 10.5 Å². The van der Waals surface area contributed by atoms with Crippen LogP contribution >= 0.6 is 0 Å². The third kappa shape index (κ3) is 1.91. The molecule has 2 aromatic rings. The molecule has 4 heteroatoms. The van der Waals surface area contributed by atoms with E-state index in [1.54, 1.807) is 0 Å². The number of nitrogens with zero attached hydrogens (tertiary/aromatic N) is 1. The number of carbonyl (C=O) groups is 1. The van der Waals surface area contributed by atoms with Crippen molar-refractivity contribution in [2.45, 2.75) is 5.92 Å². The number of ether oxygens (including phenoxy) is 1. The summed E-state index contributed by atoms with van der Waals surface area (Å²) >= 11 is 0. The molecule has 1 heterocycles. The average Bonchev–Trinajstić information content (AvgIpc) is 2.73. The zero-order valence-corrected chi connectivity index (χ0v) is 10.0. The fourth-order valence-electron chi connectivity index (χ4n) is 2.12. The van der Waals surface area contributed by atoms with E-state index < -0.39 is 5.92 Å². The topological polar surface area (TPSA) is 57.2 Å². The van der Waals surface area contributed by atoms with Gasteiger partial charge in [0.1, 0.15) is 0 Å². The van der Waals surface area contributed by atoms with E-state index in [-0.39, 0.29) is 12.5 Å². The third-order valence-electron chi connectivity index (χ3n) is 3.06. The Morgan fingerprint density at radius 2 is 2.24 bits per heavy atom. The fraction of sp³-hybridized carbons (Fsp3) is 0.308. The highest BCUT2D eigenvalue weighted by Crippen LogP contribution is 2.26. The second-order valence-corrected chi connectivity index (χ2v) is 4.02. The van der Waals surface area contributed by atoms with Gasteiger partial charge in [-0.3, -0.25) is 4.79 Å². The van der Waals surface area contributed by atoms with Gasteiger partial charge in [0.15, 0.2) is 0 Å². The molecule has 0 saturated heterocycles. The molecular weight excluding hydrogens is 216 g/mol. The first kappa shape index (κ1) is 11.7. The molecule has 0 saturated carbocycles. The van der Waals surface area contributed by atoms with Crippen LogP contribution in [-0.4, -0.2) is 24.2 Å². The Hall–Kier alpha value is -1.81. The van der Waals surface area contributed by atoms with Gasteiger partial charge in [-0.15, -0.1) is 0 Å². The maximum atomic E-state index is 11.7. The first-order chi connectivity index (χ1) is 8.19. The molecule has 1 unspecified atom stereocenters. The van der Waals surface area contributed by atoms with Gasteiger partial charge >= 0.3 is 5.97 Å². The highest BCUT2D eigenvalue weighted by Gasteiger charge is 2.22. The van der Waals surface area contributed by atoms with Crippen LogP contribution in [0.3, 0.4) is 0 Å². The minimum atomic E-state index is -0.397. The number of aryl methyl sites for hydroxylation is 1. The Bertz CT molecular complexity index is 545. The molecule has 2 rings (SSSR count). The van der Waals surface area contributed by atoms with E-state index in [1.165, 1.54) is 7.11 Å². The summed E-state index contributed by atoms with van der Waals surface area (Å²) in [6.45, 7) is 0.251. The van der Waals surface area contributed by atoms with E-state index >= 15 is 0 Å². The maximum Gasteiger partial charge on any atom is 0.314 e. The number of carbonyl (C=O) groups excluding carboxylic acids is 1. The molecule has 0 aliphatic carbocycles. The molecule has 1 aromatic heterocycles. The number of benzene rings is 1. The van der Waals surface area contributed by atoms with E-state index in [9.17, 15) is 4.79 Å². The number of hydrogen-bond donors (Lipinski definition) is 1. The normalized spacial score (nSPS) is 12.6. The summed E-state index contributed by atoms with van der Waals surface area (Å²) in [4.78, 5) is 11.7. The van der Waals surface area contributed by atoms with Crippen LogP contribution in [-0.2, 0) is 16.6 Å². The summed E-state index contributed by atoms with van der Waals surface area (Å²) in [6.07, 6.45) is 1.97. The Labute approximate surface area is 100.0 Å². The van der Waals surface area contributed by atoms with Gasteiger partial charge in [-0.1, -0.05) is 12.1 Å². The van der Waals surface area contributed by atoms with E-state index in [0.29, 0.717) is 0 Å². The standard InChI is InChI=1S/C13H16N2O2/c1-15-7-6-10-9(4-3-5-12(10)15)11(8-14)13(16)17-2/h3-7,11H,8,14H2,1-2H3. The van der Waals surface area contributed by atoms with Crippen LogP contribution in [0.2, 0.25) is 0 Å². The number of aromatic nitrogens is 1.